The molecule has 0 radical (unpaired) electrons. The van der Waals surface area contributed by atoms with Crippen LogP contribution in [0.3, 0.4) is 0 Å². The van der Waals surface area contributed by atoms with Gasteiger partial charge in [0.1, 0.15) is 5.82 Å². The SMILES string of the molecule is NC1CCc2cnc(-c3ccc(Cl)cc3)n2C1. The summed E-state index contributed by atoms with van der Waals surface area (Å²) in [5, 5.41) is 0.746. The predicted octanol–water partition coefficient (Wildman–Crippen LogP) is 2.48. The molecular weight excluding hydrogens is 234 g/mol. The van der Waals surface area contributed by atoms with Gasteiger partial charge in [-0.25, -0.2) is 4.98 Å². The van der Waals surface area contributed by atoms with E-state index < -0.39 is 0 Å². The van der Waals surface area contributed by atoms with Gasteiger partial charge in [0, 0.05) is 35.1 Å². The van der Waals surface area contributed by atoms with Crippen LogP contribution in [0.15, 0.2) is 30.5 Å². The quantitative estimate of drug-likeness (QED) is 0.841. The maximum atomic E-state index is 6.01. The summed E-state index contributed by atoms with van der Waals surface area (Å²) in [6.45, 7) is 0.854. The molecule has 1 aliphatic heterocycles. The van der Waals surface area contributed by atoms with E-state index >= 15 is 0 Å². The monoisotopic (exact) mass is 247 g/mol. The number of nitrogens with two attached hydrogens (primary N) is 1. The van der Waals surface area contributed by atoms with E-state index in [1.165, 1.54) is 5.69 Å². The van der Waals surface area contributed by atoms with Crippen LogP contribution < -0.4 is 5.73 Å². The van der Waals surface area contributed by atoms with Gasteiger partial charge in [0.05, 0.1) is 0 Å². The standard InChI is InChI=1S/C13H14ClN3/c14-10-3-1-9(2-4-10)13-16-7-12-6-5-11(15)8-17(12)13/h1-4,7,11H,5-6,8,15H2. The average Bonchev–Trinajstić information content (AvgIpc) is 2.73. The van der Waals surface area contributed by atoms with Crippen LogP contribution in [0.1, 0.15) is 12.1 Å². The van der Waals surface area contributed by atoms with Gasteiger partial charge in [0.15, 0.2) is 0 Å². The number of nitrogens with zero attached hydrogens (tertiary/aromatic N) is 2. The van der Waals surface area contributed by atoms with E-state index in [1.54, 1.807) is 0 Å². The second kappa shape index (κ2) is 4.17. The molecule has 3 nitrogen and oxygen atoms in total. The molecule has 0 spiro atoms. The van der Waals surface area contributed by atoms with Crippen LogP contribution in [-0.4, -0.2) is 15.6 Å². The first kappa shape index (κ1) is 10.8. The molecule has 0 bridgehead atoms. The fourth-order valence-corrected chi connectivity index (χ4v) is 2.43. The molecule has 2 N–H and O–H groups in total. The van der Waals surface area contributed by atoms with Crippen molar-refractivity contribution >= 4 is 11.6 Å². The first-order chi connectivity index (χ1) is 8.24. The molecular formula is C13H14ClN3. The molecule has 0 aliphatic carbocycles. The Hall–Kier alpha value is -1.32. The van der Waals surface area contributed by atoms with Crippen LogP contribution in [-0.2, 0) is 13.0 Å². The van der Waals surface area contributed by atoms with Crippen molar-refractivity contribution in [1.82, 2.24) is 9.55 Å². The molecule has 1 atom stereocenters. The summed E-state index contributed by atoms with van der Waals surface area (Å²) in [5.41, 5.74) is 8.38. The highest BCUT2D eigenvalue weighted by atomic mass is 35.5. The van der Waals surface area contributed by atoms with Crippen LogP contribution in [0.2, 0.25) is 5.02 Å². The fourth-order valence-electron chi connectivity index (χ4n) is 2.30. The van der Waals surface area contributed by atoms with E-state index in [-0.39, 0.29) is 6.04 Å². The van der Waals surface area contributed by atoms with Crippen molar-refractivity contribution in [3.05, 3.63) is 41.2 Å². The van der Waals surface area contributed by atoms with Crippen molar-refractivity contribution in [1.29, 1.82) is 0 Å². The molecule has 0 fully saturated rings. The van der Waals surface area contributed by atoms with E-state index in [9.17, 15) is 0 Å². The maximum absolute atomic E-state index is 6.01. The molecule has 17 heavy (non-hydrogen) atoms. The number of hydrogen-bond donors (Lipinski definition) is 1. The second-order valence-corrected chi connectivity index (χ2v) is 4.93. The van der Waals surface area contributed by atoms with Crippen LogP contribution >= 0.6 is 11.6 Å². The highest BCUT2D eigenvalue weighted by molar-refractivity contribution is 6.30. The summed E-state index contributed by atoms with van der Waals surface area (Å²) in [5.74, 6) is 0.992. The topological polar surface area (TPSA) is 43.8 Å². The van der Waals surface area contributed by atoms with Crippen molar-refractivity contribution < 1.29 is 0 Å². The lowest BCUT2D eigenvalue weighted by Crippen LogP contribution is -2.31. The number of halogens is 1. The number of fused-ring (bicyclic) bond motifs is 1. The zero-order valence-electron chi connectivity index (χ0n) is 9.44. The third-order valence-electron chi connectivity index (χ3n) is 3.23. The molecule has 4 heteroatoms. The Kier molecular flexibility index (Phi) is 2.65. The van der Waals surface area contributed by atoms with Gasteiger partial charge in [-0.3, -0.25) is 0 Å². The molecule has 3 rings (SSSR count). The highest BCUT2D eigenvalue weighted by Crippen LogP contribution is 2.25. The fraction of sp³-hybridized carbons (Fsp3) is 0.308. The smallest absolute Gasteiger partial charge is 0.140 e. The molecule has 0 amide bonds. The lowest BCUT2D eigenvalue weighted by atomic mass is 10.1. The van der Waals surface area contributed by atoms with Gasteiger partial charge in [0.25, 0.3) is 0 Å². The van der Waals surface area contributed by atoms with Gasteiger partial charge in [0.2, 0.25) is 0 Å². The van der Waals surface area contributed by atoms with Crippen LogP contribution in [0.5, 0.6) is 0 Å². The first-order valence-electron chi connectivity index (χ1n) is 5.80. The van der Waals surface area contributed by atoms with E-state index in [0.717, 1.165) is 35.8 Å². The van der Waals surface area contributed by atoms with Crippen LogP contribution in [0, 0.1) is 0 Å². The molecule has 1 aromatic carbocycles. The Balaban J connectivity index is 2.04. The number of aryl methyl sites for hydroxylation is 1. The molecule has 88 valence electrons. The van der Waals surface area contributed by atoms with Gasteiger partial charge < -0.3 is 10.3 Å². The Labute approximate surface area is 105 Å². The number of imidazole rings is 1. The van der Waals surface area contributed by atoms with Gasteiger partial charge in [-0.15, -0.1) is 0 Å². The summed E-state index contributed by atoms with van der Waals surface area (Å²) in [6.07, 6.45) is 4.02. The normalized spacial score (nSPS) is 19.1. The lowest BCUT2D eigenvalue weighted by Gasteiger charge is -2.22. The number of hydrogen-bond acceptors (Lipinski definition) is 2. The average molecular weight is 248 g/mol. The molecule has 2 aromatic rings. The minimum Gasteiger partial charge on any atom is -0.327 e. The largest absolute Gasteiger partial charge is 0.327 e. The Morgan fingerprint density at radius 3 is 2.82 bits per heavy atom. The Morgan fingerprint density at radius 2 is 2.06 bits per heavy atom. The molecule has 0 saturated heterocycles. The third-order valence-corrected chi connectivity index (χ3v) is 3.48. The lowest BCUT2D eigenvalue weighted by molar-refractivity contribution is 0.463. The Morgan fingerprint density at radius 1 is 1.29 bits per heavy atom. The van der Waals surface area contributed by atoms with Gasteiger partial charge >= 0.3 is 0 Å². The number of benzene rings is 1. The zero-order chi connectivity index (χ0) is 11.8. The number of aromatic nitrogens is 2. The summed E-state index contributed by atoms with van der Waals surface area (Å²) >= 11 is 5.89. The van der Waals surface area contributed by atoms with Crippen molar-refractivity contribution in [3.63, 3.8) is 0 Å². The summed E-state index contributed by atoms with van der Waals surface area (Å²) in [4.78, 5) is 4.50. The molecule has 0 saturated carbocycles. The summed E-state index contributed by atoms with van der Waals surface area (Å²) in [7, 11) is 0. The maximum Gasteiger partial charge on any atom is 0.140 e. The van der Waals surface area contributed by atoms with Crippen LogP contribution in [0.25, 0.3) is 11.4 Å². The minimum atomic E-state index is 0.239. The van der Waals surface area contributed by atoms with Gasteiger partial charge in [-0.1, -0.05) is 11.6 Å². The van der Waals surface area contributed by atoms with Crippen molar-refractivity contribution in [2.24, 2.45) is 5.73 Å². The van der Waals surface area contributed by atoms with E-state index in [2.05, 4.69) is 9.55 Å². The first-order valence-corrected chi connectivity index (χ1v) is 6.18. The van der Waals surface area contributed by atoms with Gasteiger partial charge in [-0.05, 0) is 37.1 Å². The van der Waals surface area contributed by atoms with E-state index in [4.69, 9.17) is 17.3 Å². The zero-order valence-corrected chi connectivity index (χ0v) is 10.2. The summed E-state index contributed by atoms with van der Waals surface area (Å²) in [6, 6.07) is 8.02. The van der Waals surface area contributed by atoms with Gasteiger partial charge in [-0.2, -0.15) is 0 Å². The third kappa shape index (κ3) is 1.96. The number of rotatable bonds is 1. The second-order valence-electron chi connectivity index (χ2n) is 4.49. The minimum absolute atomic E-state index is 0.239. The van der Waals surface area contributed by atoms with E-state index in [1.807, 2.05) is 30.5 Å². The van der Waals surface area contributed by atoms with E-state index in [0.29, 0.717) is 0 Å². The highest BCUT2D eigenvalue weighted by Gasteiger charge is 2.19. The van der Waals surface area contributed by atoms with Crippen molar-refractivity contribution in [2.45, 2.75) is 25.4 Å². The molecule has 1 unspecified atom stereocenters. The summed E-state index contributed by atoms with van der Waals surface area (Å²) < 4.78 is 2.22. The van der Waals surface area contributed by atoms with Crippen molar-refractivity contribution in [2.75, 3.05) is 0 Å². The Bertz CT molecular complexity index is 530. The van der Waals surface area contributed by atoms with Crippen LogP contribution in [0.4, 0.5) is 0 Å². The molecule has 1 aliphatic rings. The predicted molar refractivity (Wildman–Crippen MR) is 69.0 cm³/mol. The molecule has 1 aromatic heterocycles. The molecule has 2 heterocycles. The van der Waals surface area contributed by atoms with Crippen molar-refractivity contribution in [3.8, 4) is 11.4 Å².